The van der Waals surface area contributed by atoms with E-state index in [0.717, 1.165) is 42.5 Å². The largest absolute Gasteiger partial charge is 0.497 e. The highest BCUT2D eigenvalue weighted by Crippen LogP contribution is 2.29. The minimum absolute atomic E-state index is 0.0844. The van der Waals surface area contributed by atoms with E-state index in [-0.39, 0.29) is 6.10 Å². The van der Waals surface area contributed by atoms with Crippen molar-refractivity contribution < 1.29 is 9.47 Å². The van der Waals surface area contributed by atoms with Crippen molar-refractivity contribution in [2.24, 2.45) is 0 Å². The Morgan fingerprint density at radius 2 is 1.62 bits per heavy atom. The first-order chi connectivity index (χ1) is 15.7. The van der Waals surface area contributed by atoms with Gasteiger partial charge in [-0.3, -0.25) is 4.90 Å². The number of methoxy groups -OCH3 is 1. The van der Waals surface area contributed by atoms with Crippen LogP contribution in [0.25, 0.3) is 0 Å². The van der Waals surface area contributed by atoms with Gasteiger partial charge in [-0.25, -0.2) is 0 Å². The number of likely N-dealkylation sites (tertiary alicyclic amines) is 1. The summed E-state index contributed by atoms with van der Waals surface area (Å²) in [5.74, 6) is 0.909. The van der Waals surface area contributed by atoms with Crippen LogP contribution in [0.15, 0.2) is 78.9 Å². The van der Waals surface area contributed by atoms with Crippen LogP contribution in [0, 0.1) is 0 Å². The lowest BCUT2D eigenvalue weighted by atomic mass is 10.00. The summed E-state index contributed by atoms with van der Waals surface area (Å²) in [5, 5.41) is 0.748. The first-order valence-corrected chi connectivity index (χ1v) is 11.9. The fourth-order valence-electron chi connectivity index (χ4n) is 4.47. The maximum atomic E-state index is 6.60. The maximum Gasteiger partial charge on any atom is 0.118 e. The van der Waals surface area contributed by atoms with Gasteiger partial charge >= 0.3 is 0 Å². The van der Waals surface area contributed by atoms with Gasteiger partial charge in [0.1, 0.15) is 11.9 Å². The van der Waals surface area contributed by atoms with Gasteiger partial charge in [0.05, 0.1) is 13.7 Å². The molecule has 0 aromatic heterocycles. The number of ether oxygens (including phenoxy) is 2. The van der Waals surface area contributed by atoms with Crippen LogP contribution < -0.4 is 4.74 Å². The lowest BCUT2D eigenvalue weighted by Gasteiger charge is -2.36. The van der Waals surface area contributed by atoms with E-state index in [1.807, 2.05) is 30.3 Å². The molecule has 1 fully saturated rings. The van der Waals surface area contributed by atoms with Gasteiger partial charge in [-0.05, 0) is 66.8 Å². The van der Waals surface area contributed by atoms with Crippen molar-refractivity contribution in [1.82, 2.24) is 4.90 Å². The third kappa shape index (κ3) is 6.13. The molecule has 1 aliphatic rings. The van der Waals surface area contributed by atoms with Crippen LogP contribution in [-0.4, -0.2) is 37.7 Å². The van der Waals surface area contributed by atoms with Crippen LogP contribution >= 0.6 is 11.6 Å². The molecule has 0 radical (unpaired) electrons. The SMILES string of the molecule is COc1ccc(CCN2CCCCC2COC(c2ccccc2)c2ccc(Cl)cc2)cc1. The molecule has 4 heteroatoms. The van der Waals surface area contributed by atoms with Gasteiger partial charge in [0.25, 0.3) is 0 Å². The van der Waals surface area contributed by atoms with E-state index < -0.39 is 0 Å². The van der Waals surface area contributed by atoms with Crippen molar-refractivity contribution in [3.05, 3.63) is 101 Å². The Bertz CT molecular complexity index is 943. The van der Waals surface area contributed by atoms with Crippen LogP contribution in [0.1, 0.15) is 42.1 Å². The zero-order valence-corrected chi connectivity index (χ0v) is 19.5. The van der Waals surface area contributed by atoms with Crippen molar-refractivity contribution >= 4 is 11.6 Å². The lowest BCUT2D eigenvalue weighted by molar-refractivity contribution is 0.0116. The van der Waals surface area contributed by atoms with E-state index in [9.17, 15) is 0 Å². The molecule has 1 heterocycles. The standard InChI is InChI=1S/C28H32ClNO2/c1-31-27-16-10-22(11-17-27)18-20-30-19-6-5-9-26(30)21-32-28(23-7-3-2-4-8-23)24-12-14-25(29)15-13-24/h2-4,7-8,10-17,26,28H,5-6,9,18-21H2,1H3. The van der Waals surface area contributed by atoms with E-state index in [4.69, 9.17) is 21.1 Å². The first-order valence-electron chi connectivity index (χ1n) is 11.5. The second kappa shape index (κ2) is 11.5. The molecule has 3 aromatic rings. The minimum atomic E-state index is -0.0844. The van der Waals surface area contributed by atoms with Gasteiger partial charge < -0.3 is 9.47 Å². The van der Waals surface area contributed by atoms with Gasteiger partial charge in [-0.1, -0.05) is 72.6 Å². The van der Waals surface area contributed by atoms with Crippen LogP contribution in [-0.2, 0) is 11.2 Å². The molecule has 32 heavy (non-hydrogen) atoms. The van der Waals surface area contributed by atoms with E-state index in [1.54, 1.807) is 7.11 Å². The molecule has 0 amide bonds. The highest BCUT2D eigenvalue weighted by Gasteiger charge is 2.24. The van der Waals surface area contributed by atoms with Gasteiger partial charge in [0.2, 0.25) is 0 Å². The number of nitrogens with zero attached hydrogens (tertiary/aromatic N) is 1. The average Bonchev–Trinajstić information content (AvgIpc) is 2.85. The molecule has 1 saturated heterocycles. The number of rotatable bonds is 9. The van der Waals surface area contributed by atoms with Crippen molar-refractivity contribution in [3.8, 4) is 5.75 Å². The summed E-state index contributed by atoms with van der Waals surface area (Å²) in [7, 11) is 1.71. The molecule has 0 bridgehead atoms. The van der Waals surface area contributed by atoms with E-state index in [1.165, 1.54) is 30.4 Å². The second-order valence-corrected chi connectivity index (χ2v) is 8.90. The summed E-state index contributed by atoms with van der Waals surface area (Å²) in [5.41, 5.74) is 3.66. The molecule has 3 nitrogen and oxygen atoms in total. The first kappa shape index (κ1) is 22.8. The summed E-state index contributed by atoms with van der Waals surface area (Å²) >= 11 is 6.13. The second-order valence-electron chi connectivity index (χ2n) is 8.46. The van der Waals surface area contributed by atoms with Crippen LogP contribution in [0.3, 0.4) is 0 Å². The molecular weight excluding hydrogens is 418 g/mol. The van der Waals surface area contributed by atoms with Crippen LogP contribution in [0.4, 0.5) is 0 Å². The number of hydrogen-bond donors (Lipinski definition) is 0. The normalized spacial score (nSPS) is 17.8. The molecule has 0 N–H and O–H groups in total. The third-order valence-electron chi connectivity index (χ3n) is 6.33. The quantitative estimate of drug-likeness (QED) is 0.369. The van der Waals surface area contributed by atoms with Gasteiger partial charge in [0.15, 0.2) is 0 Å². The van der Waals surface area contributed by atoms with Crippen molar-refractivity contribution in [2.75, 3.05) is 26.8 Å². The Hall–Kier alpha value is -2.33. The monoisotopic (exact) mass is 449 g/mol. The Balaban J connectivity index is 1.41. The minimum Gasteiger partial charge on any atom is -0.497 e. The maximum absolute atomic E-state index is 6.60. The molecule has 2 atom stereocenters. The van der Waals surface area contributed by atoms with Crippen molar-refractivity contribution in [1.29, 1.82) is 0 Å². The highest BCUT2D eigenvalue weighted by atomic mass is 35.5. The molecule has 3 aromatic carbocycles. The summed E-state index contributed by atoms with van der Waals surface area (Å²) in [6.45, 7) is 2.92. The predicted octanol–water partition coefficient (Wildman–Crippen LogP) is 6.55. The number of benzene rings is 3. The Morgan fingerprint density at radius 1 is 0.906 bits per heavy atom. The van der Waals surface area contributed by atoms with Crippen molar-refractivity contribution in [3.63, 3.8) is 0 Å². The molecule has 0 saturated carbocycles. The van der Waals surface area contributed by atoms with E-state index in [0.29, 0.717) is 6.04 Å². The molecule has 1 aliphatic heterocycles. The summed E-state index contributed by atoms with van der Waals surface area (Å²) < 4.78 is 11.9. The van der Waals surface area contributed by atoms with Crippen molar-refractivity contribution in [2.45, 2.75) is 37.8 Å². The topological polar surface area (TPSA) is 21.7 Å². The molecule has 4 rings (SSSR count). The van der Waals surface area contributed by atoms with Gasteiger partial charge in [-0.2, -0.15) is 0 Å². The van der Waals surface area contributed by atoms with E-state index in [2.05, 4.69) is 53.4 Å². The molecule has 0 spiro atoms. The number of piperidine rings is 1. The van der Waals surface area contributed by atoms with Crippen LogP contribution in [0.2, 0.25) is 5.02 Å². The highest BCUT2D eigenvalue weighted by molar-refractivity contribution is 6.30. The fraction of sp³-hybridized carbons (Fsp3) is 0.357. The molecular formula is C28H32ClNO2. The Morgan fingerprint density at radius 3 is 2.34 bits per heavy atom. The average molecular weight is 450 g/mol. The predicted molar refractivity (Wildman–Crippen MR) is 132 cm³/mol. The smallest absolute Gasteiger partial charge is 0.118 e. The summed E-state index contributed by atoms with van der Waals surface area (Å²) in [4.78, 5) is 2.61. The fourth-order valence-corrected chi connectivity index (χ4v) is 4.59. The lowest BCUT2D eigenvalue weighted by Crippen LogP contribution is -2.43. The third-order valence-corrected chi connectivity index (χ3v) is 6.58. The van der Waals surface area contributed by atoms with Gasteiger partial charge in [0, 0.05) is 17.6 Å². The van der Waals surface area contributed by atoms with Gasteiger partial charge in [-0.15, -0.1) is 0 Å². The summed E-state index contributed by atoms with van der Waals surface area (Å²) in [6.07, 6.45) is 4.67. The zero-order chi connectivity index (χ0) is 22.2. The summed E-state index contributed by atoms with van der Waals surface area (Å²) in [6, 6.07) is 27.4. The Labute approximate surface area is 196 Å². The number of halogens is 1. The molecule has 168 valence electrons. The Kier molecular flexibility index (Phi) is 8.22. The van der Waals surface area contributed by atoms with Crippen LogP contribution in [0.5, 0.6) is 5.75 Å². The van der Waals surface area contributed by atoms with E-state index >= 15 is 0 Å². The number of hydrogen-bond acceptors (Lipinski definition) is 3. The zero-order valence-electron chi connectivity index (χ0n) is 18.8. The molecule has 0 aliphatic carbocycles. The molecule has 2 unspecified atom stereocenters.